The van der Waals surface area contributed by atoms with Crippen molar-refractivity contribution in [3.63, 3.8) is 0 Å². The van der Waals surface area contributed by atoms with E-state index in [2.05, 4.69) is 10.6 Å². The van der Waals surface area contributed by atoms with Crippen molar-refractivity contribution in [2.24, 2.45) is 5.92 Å². The van der Waals surface area contributed by atoms with Crippen LogP contribution in [-0.2, 0) is 11.3 Å². The summed E-state index contributed by atoms with van der Waals surface area (Å²) in [6, 6.07) is 7.92. The Labute approximate surface area is 160 Å². The third kappa shape index (κ3) is 5.85. The maximum absolute atomic E-state index is 12.2. The molecule has 148 valence electrons. The van der Waals surface area contributed by atoms with Gasteiger partial charge in [-0.2, -0.15) is 0 Å². The Morgan fingerprint density at radius 2 is 2.00 bits per heavy atom. The number of hydrogen-bond acceptors (Lipinski definition) is 4. The minimum absolute atomic E-state index is 0.0533. The maximum atomic E-state index is 12.2. The van der Waals surface area contributed by atoms with Gasteiger partial charge in [0.25, 0.3) is 0 Å². The second kappa shape index (κ2) is 9.08. The van der Waals surface area contributed by atoms with Crippen LogP contribution in [0.5, 0.6) is 5.75 Å². The first-order valence-electron chi connectivity index (χ1n) is 9.76. The van der Waals surface area contributed by atoms with Gasteiger partial charge in [0.2, 0.25) is 0 Å². The van der Waals surface area contributed by atoms with Gasteiger partial charge in [-0.3, -0.25) is 9.69 Å². The lowest BCUT2D eigenvalue weighted by atomic mass is 9.85. The number of rotatable bonds is 10. The highest BCUT2D eigenvalue weighted by Crippen LogP contribution is 2.30. The number of carbonyl (C=O) groups is 2. The van der Waals surface area contributed by atoms with E-state index in [4.69, 9.17) is 9.84 Å². The van der Waals surface area contributed by atoms with Crippen LogP contribution in [-0.4, -0.2) is 53.8 Å². The molecule has 0 aliphatic heterocycles. The number of carboxylic acids is 1. The molecule has 0 radical (unpaired) electrons. The fourth-order valence-electron chi connectivity index (χ4n) is 3.37. The van der Waals surface area contributed by atoms with Gasteiger partial charge >= 0.3 is 12.0 Å². The van der Waals surface area contributed by atoms with Crippen LogP contribution in [0.25, 0.3) is 0 Å². The van der Waals surface area contributed by atoms with Crippen LogP contribution >= 0.6 is 0 Å². The van der Waals surface area contributed by atoms with Crippen LogP contribution in [0.15, 0.2) is 24.3 Å². The van der Waals surface area contributed by atoms with Gasteiger partial charge < -0.3 is 20.5 Å². The Morgan fingerprint density at radius 1 is 1.26 bits per heavy atom. The third-order valence-electron chi connectivity index (χ3n) is 5.29. The zero-order valence-electron chi connectivity index (χ0n) is 15.8. The van der Waals surface area contributed by atoms with Crippen molar-refractivity contribution in [1.82, 2.24) is 15.5 Å². The molecule has 7 heteroatoms. The number of benzene rings is 1. The number of aliphatic carboxylic acids is 1. The van der Waals surface area contributed by atoms with Gasteiger partial charge in [0.15, 0.2) is 0 Å². The van der Waals surface area contributed by atoms with E-state index in [-0.39, 0.29) is 24.7 Å². The highest BCUT2D eigenvalue weighted by atomic mass is 16.5. The number of amides is 2. The van der Waals surface area contributed by atoms with Gasteiger partial charge in [-0.1, -0.05) is 25.1 Å². The van der Waals surface area contributed by atoms with Crippen LogP contribution in [0.3, 0.4) is 0 Å². The number of carboxylic acid groups (broad SMARTS) is 1. The van der Waals surface area contributed by atoms with Crippen molar-refractivity contribution in [3.8, 4) is 5.75 Å². The molecular formula is C20H29N3O4. The topological polar surface area (TPSA) is 90.9 Å². The van der Waals surface area contributed by atoms with E-state index in [1.54, 1.807) is 0 Å². The Balaban J connectivity index is 1.39. The molecule has 7 nitrogen and oxygen atoms in total. The molecule has 0 saturated heterocycles. The first-order valence-corrected chi connectivity index (χ1v) is 9.76. The summed E-state index contributed by atoms with van der Waals surface area (Å²) in [5.74, 6) is 0.707. The van der Waals surface area contributed by atoms with Crippen LogP contribution < -0.4 is 15.4 Å². The summed E-state index contributed by atoms with van der Waals surface area (Å²) in [4.78, 5) is 25.0. The Bertz CT molecular complexity index is 656. The Kier molecular flexibility index (Phi) is 6.55. The number of nitrogens with one attached hydrogen (secondary N) is 2. The summed E-state index contributed by atoms with van der Waals surface area (Å²) < 4.78 is 5.87. The molecule has 3 rings (SSSR count). The molecular weight excluding hydrogens is 346 g/mol. The van der Waals surface area contributed by atoms with Gasteiger partial charge in [0.05, 0.1) is 13.2 Å². The monoisotopic (exact) mass is 375 g/mol. The third-order valence-corrected chi connectivity index (χ3v) is 5.29. The standard InChI is InChI=1S/C20H29N3O4/c1-2-23(12-19(24)25)17-9-16(10-17)22-20(26)21-11-15-5-3-4-6-18(15)27-13-14-7-8-14/h3-6,14,16-17H,2,7-13H2,1H3,(H,24,25)(H2,21,22,26). The van der Waals surface area contributed by atoms with Crippen molar-refractivity contribution in [2.45, 2.75) is 51.2 Å². The lowest BCUT2D eigenvalue weighted by Crippen LogP contribution is -2.56. The smallest absolute Gasteiger partial charge is 0.317 e. The average molecular weight is 375 g/mol. The molecule has 0 spiro atoms. The molecule has 1 aromatic rings. The van der Waals surface area contributed by atoms with Crippen molar-refractivity contribution in [2.75, 3.05) is 19.7 Å². The molecule has 1 aromatic carbocycles. The van der Waals surface area contributed by atoms with Crippen LogP contribution in [0.1, 0.15) is 38.2 Å². The van der Waals surface area contributed by atoms with Gasteiger partial charge in [0, 0.05) is 24.2 Å². The Hall–Kier alpha value is -2.28. The number of urea groups is 1. The first kappa shape index (κ1) is 19.5. The summed E-state index contributed by atoms with van der Waals surface area (Å²) in [6.45, 7) is 3.88. The first-order chi connectivity index (χ1) is 13.0. The maximum Gasteiger partial charge on any atom is 0.317 e. The zero-order chi connectivity index (χ0) is 19.2. The van der Waals surface area contributed by atoms with Gasteiger partial charge in [-0.05, 0) is 44.2 Å². The van der Waals surface area contributed by atoms with Gasteiger partial charge in [0.1, 0.15) is 5.75 Å². The molecule has 2 fully saturated rings. The summed E-state index contributed by atoms with van der Waals surface area (Å²) >= 11 is 0. The molecule has 0 unspecified atom stereocenters. The number of ether oxygens (including phenoxy) is 1. The molecule has 0 bridgehead atoms. The van der Waals surface area contributed by atoms with Crippen LogP contribution in [0.4, 0.5) is 4.79 Å². The second-order valence-electron chi connectivity index (χ2n) is 7.47. The minimum Gasteiger partial charge on any atom is -0.493 e. The van der Waals surface area contributed by atoms with Gasteiger partial charge in [-0.25, -0.2) is 4.79 Å². The predicted octanol–water partition coefficient (Wildman–Crippen LogP) is 2.21. The van der Waals surface area contributed by atoms with Gasteiger partial charge in [-0.15, -0.1) is 0 Å². The summed E-state index contributed by atoms with van der Waals surface area (Å²) in [5.41, 5.74) is 0.971. The molecule has 0 atom stereocenters. The lowest BCUT2D eigenvalue weighted by Gasteiger charge is -2.42. The molecule has 0 heterocycles. The number of hydrogen-bond donors (Lipinski definition) is 3. The lowest BCUT2D eigenvalue weighted by molar-refractivity contribution is -0.139. The number of para-hydroxylation sites is 1. The van der Waals surface area contributed by atoms with Crippen molar-refractivity contribution < 1.29 is 19.4 Å². The normalized spacial score (nSPS) is 21.4. The summed E-state index contributed by atoms with van der Waals surface area (Å²) in [7, 11) is 0. The number of carbonyl (C=O) groups excluding carboxylic acids is 1. The van der Waals surface area contributed by atoms with Crippen LogP contribution in [0, 0.1) is 5.92 Å². The molecule has 2 aliphatic carbocycles. The number of nitrogens with zero attached hydrogens (tertiary/aromatic N) is 1. The SMILES string of the molecule is CCN(CC(=O)O)C1CC(NC(=O)NCc2ccccc2OCC2CC2)C1. The predicted molar refractivity (Wildman–Crippen MR) is 102 cm³/mol. The fraction of sp³-hybridized carbons (Fsp3) is 0.600. The zero-order valence-corrected chi connectivity index (χ0v) is 15.8. The quantitative estimate of drug-likeness (QED) is 0.583. The minimum atomic E-state index is -0.812. The molecule has 27 heavy (non-hydrogen) atoms. The molecule has 0 aromatic heterocycles. The molecule has 2 aliphatic rings. The Morgan fingerprint density at radius 3 is 2.67 bits per heavy atom. The highest BCUT2D eigenvalue weighted by Gasteiger charge is 2.34. The fourth-order valence-corrected chi connectivity index (χ4v) is 3.37. The van der Waals surface area contributed by atoms with E-state index in [0.717, 1.165) is 30.8 Å². The molecule has 2 saturated carbocycles. The average Bonchev–Trinajstić information content (AvgIpc) is 3.44. The molecule has 3 N–H and O–H groups in total. The van der Waals surface area contributed by atoms with E-state index < -0.39 is 5.97 Å². The van der Waals surface area contributed by atoms with E-state index in [9.17, 15) is 9.59 Å². The van der Waals surface area contributed by atoms with Crippen molar-refractivity contribution in [1.29, 1.82) is 0 Å². The van der Waals surface area contributed by atoms with E-state index in [0.29, 0.717) is 19.0 Å². The molecule has 2 amide bonds. The second-order valence-corrected chi connectivity index (χ2v) is 7.47. The van der Waals surface area contributed by atoms with E-state index in [1.165, 1.54) is 12.8 Å². The number of likely N-dealkylation sites (N-methyl/N-ethyl adjacent to an activating group) is 1. The summed E-state index contributed by atoms with van der Waals surface area (Å²) in [5, 5.41) is 14.8. The summed E-state index contributed by atoms with van der Waals surface area (Å²) in [6.07, 6.45) is 4.06. The van der Waals surface area contributed by atoms with Crippen molar-refractivity contribution >= 4 is 12.0 Å². The highest BCUT2D eigenvalue weighted by molar-refractivity contribution is 5.74. The largest absolute Gasteiger partial charge is 0.493 e. The van der Waals surface area contributed by atoms with E-state index in [1.807, 2.05) is 36.1 Å². The van der Waals surface area contributed by atoms with Crippen molar-refractivity contribution in [3.05, 3.63) is 29.8 Å². The van der Waals surface area contributed by atoms with Crippen LogP contribution in [0.2, 0.25) is 0 Å². The van der Waals surface area contributed by atoms with E-state index >= 15 is 0 Å².